The van der Waals surface area contributed by atoms with Gasteiger partial charge in [-0.2, -0.15) is 0 Å². The number of carboxylic acids is 1. The Morgan fingerprint density at radius 2 is 2.22 bits per heavy atom. The Kier molecular flexibility index (Phi) is 1.35. The van der Waals surface area contributed by atoms with Crippen molar-refractivity contribution in [2.75, 3.05) is 6.61 Å². The van der Waals surface area contributed by atoms with Gasteiger partial charge in [-0.3, -0.25) is 0 Å². The number of carbonyl (C=O) groups is 1. The van der Waals surface area contributed by atoms with Crippen molar-refractivity contribution >= 4 is 13.9 Å². The van der Waals surface area contributed by atoms with Gasteiger partial charge in [0.1, 0.15) is 0 Å². The van der Waals surface area contributed by atoms with Crippen LogP contribution in [0.15, 0.2) is 0 Å². The minimum absolute atomic E-state index is 0.597. The number of aliphatic carboxylic acids is 1. The zero-order chi connectivity index (χ0) is 7.07. The number of hydrogen-bond acceptors (Lipinski definition) is 3. The molecule has 0 radical (unpaired) electrons. The van der Waals surface area contributed by atoms with Crippen LogP contribution in [0.5, 0.6) is 0 Å². The predicted molar refractivity (Wildman–Crippen MR) is 29.6 cm³/mol. The summed E-state index contributed by atoms with van der Waals surface area (Å²) in [6.45, 7) is -0.597. The van der Waals surface area contributed by atoms with Crippen molar-refractivity contribution in [1.82, 2.24) is 5.09 Å². The minimum atomic E-state index is -2.23. The lowest BCUT2D eigenvalue weighted by Gasteiger charge is -1.97. The summed E-state index contributed by atoms with van der Waals surface area (Å²) in [5, 5.41) is 17.4. The van der Waals surface area contributed by atoms with Crippen molar-refractivity contribution in [2.24, 2.45) is 0 Å². The van der Waals surface area contributed by atoms with Crippen LogP contribution in [0.25, 0.3) is 0 Å². The molecule has 9 heavy (non-hydrogen) atoms. The van der Waals surface area contributed by atoms with Crippen LogP contribution in [-0.4, -0.2) is 28.1 Å². The van der Waals surface area contributed by atoms with Crippen LogP contribution in [0.3, 0.4) is 0 Å². The topological polar surface area (TPSA) is 96.5 Å². The van der Waals surface area contributed by atoms with E-state index in [-0.39, 0.29) is 0 Å². The van der Waals surface area contributed by atoms with E-state index in [1.54, 1.807) is 0 Å². The number of nitrogens with one attached hydrogen (secondary N) is 1. The van der Waals surface area contributed by atoms with E-state index in [0.29, 0.717) is 0 Å². The number of aliphatic hydroxyl groups is 1. The van der Waals surface area contributed by atoms with E-state index in [0.717, 1.165) is 0 Å². The fourth-order valence-corrected chi connectivity index (χ4v) is 1.49. The Hall–Kier alpha value is -0.380. The molecule has 0 bridgehead atoms. The summed E-state index contributed by atoms with van der Waals surface area (Å²) < 4.78 is 10.4. The molecule has 1 aliphatic heterocycles. The van der Waals surface area contributed by atoms with Gasteiger partial charge in [0.25, 0.3) is 0 Å². The van der Waals surface area contributed by atoms with Crippen molar-refractivity contribution in [3.8, 4) is 0 Å². The van der Waals surface area contributed by atoms with Gasteiger partial charge in [0.05, 0.1) is 6.61 Å². The highest BCUT2D eigenvalue weighted by Crippen LogP contribution is 2.50. The molecule has 0 aromatic rings. The van der Waals surface area contributed by atoms with Crippen LogP contribution in [-0.2, 0) is 9.36 Å². The number of hydrogen-bond donors (Lipinski definition) is 3. The Labute approximate surface area is 51.5 Å². The van der Waals surface area contributed by atoms with Crippen molar-refractivity contribution in [3.63, 3.8) is 0 Å². The van der Waals surface area contributed by atoms with E-state index in [1.165, 1.54) is 0 Å². The summed E-state index contributed by atoms with van der Waals surface area (Å²) in [5.74, 6) is -1.24. The fraction of sp³-hybridized carbons (Fsp3) is 0.667. The molecular formula is C3H6NO4P. The van der Waals surface area contributed by atoms with Gasteiger partial charge in [-0.15, -0.1) is 0 Å². The van der Waals surface area contributed by atoms with Gasteiger partial charge in [0.15, 0.2) is 7.95 Å². The SMILES string of the molecule is O=C(O)[C@]1(CO)N[PH]1=O. The maximum Gasteiger partial charge on any atom is 0.335 e. The molecule has 1 aliphatic rings. The van der Waals surface area contributed by atoms with E-state index >= 15 is 0 Å². The second-order valence-electron chi connectivity index (χ2n) is 1.82. The third-order valence-corrected chi connectivity index (χ3v) is 2.93. The van der Waals surface area contributed by atoms with Crippen LogP contribution >= 0.6 is 7.95 Å². The Morgan fingerprint density at radius 1 is 1.78 bits per heavy atom. The van der Waals surface area contributed by atoms with Gasteiger partial charge in [0.2, 0.25) is 5.28 Å². The summed E-state index contributed by atoms with van der Waals surface area (Å²) in [7, 11) is -2.23. The van der Waals surface area contributed by atoms with E-state index < -0.39 is 25.8 Å². The second kappa shape index (κ2) is 1.80. The van der Waals surface area contributed by atoms with Crippen LogP contribution < -0.4 is 5.09 Å². The van der Waals surface area contributed by atoms with Crippen molar-refractivity contribution in [3.05, 3.63) is 0 Å². The highest BCUT2D eigenvalue weighted by Gasteiger charge is 2.58. The Balaban J connectivity index is 2.74. The van der Waals surface area contributed by atoms with Gasteiger partial charge in [0, 0.05) is 0 Å². The first kappa shape index (κ1) is 6.74. The molecule has 0 saturated carbocycles. The Morgan fingerprint density at radius 3 is 2.22 bits per heavy atom. The lowest BCUT2D eigenvalue weighted by molar-refractivity contribution is -0.140. The number of aliphatic hydroxyl groups excluding tert-OH is 1. The summed E-state index contributed by atoms with van der Waals surface area (Å²) in [6, 6.07) is 0. The molecule has 0 aromatic heterocycles. The molecule has 52 valence electrons. The highest BCUT2D eigenvalue weighted by molar-refractivity contribution is 7.53. The summed E-state index contributed by atoms with van der Waals surface area (Å²) >= 11 is 0. The maximum atomic E-state index is 10.4. The summed E-state index contributed by atoms with van der Waals surface area (Å²) in [4.78, 5) is 10.1. The van der Waals surface area contributed by atoms with Gasteiger partial charge >= 0.3 is 5.97 Å². The summed E-state index contributed by atoms with van der Waals surface area (Å²) in [6.07, 6.45) is 0. The first-order valence-electron chi connectivity index (χ1n) is 2.30. The van der Waals surface area contributed by atoms with Crippen LogP contribution in [0.4, 0.5) is 0 Å². The molecule has 0 aromatic carbocycles. The number of carboxylic acid groups (broad SMARTS) is 1. The molecule has 1 unspecified atom stereocenters. The maximum absolute atomic E-state index is 10.4. The lowest BCUT2D eigenvalue weighted by atomic mass is 10.3. The first-order valence-corrected chi connectivity index (χ1v) is 3.71. The molecule has 5 nitrogen and oxygen atoms in total. The largest absolute Gasteiger partial charge is 0.479 e. The molecular weight excluding hydrogens is 145 g/mol. The molecule has 1 saturated heterocycles. The molecule has 0 amide bonds. The summed E-state index contributed by atoms with van der Waals surface area (Å²) in [5.41, 5.74) is 0. The van der Waals surface area contributed by atoms with Crippen molar-refractivity contribution in [1.29, 1.82) is 0 Å². The zero-order valence-electron chi connectivity index (χ0n) is 4.42. The van der Waals surface area contributed by atoms with Gasteiger partial charge in [-0.05, 0) is 0 Å². The van der Waals surface area contributed by atoms with Gasteiger partial charge < -0.3 is 14.8 Å². The second-order valence-corrected chi connectivity index (χ2v) is 3.58. The van der Waals surface area contributed by atoms with E-state index in [2.05, 4.69) is 5.09 Å². The fourth-order valence-electron chi connectivity index (χ4n) is 0.492. The van der Waals surface area contributed by atoms with E-state index in [4.69, 9.17) is 10.2 Å². The van der Waals surface area contributed by atoms with Crippen LogP contribution in [0.2, 0.25) is 0 Å². The van der Waals surface area contributed by atoms with Crippen LogP contribution in [0, 0.1) is 0 Å². The predicted octanol–water partition coefficient (Wildman–Crippen LogP) is -1.16. The Bertz CT molecular complexity index is 181. The van der Waals surface area contributed by atoms with Crippen LogP contribution in [0.1, 0.15) is 0 Å². The molecule has 0 aliphatic carbocycles. The van der Waals surface area contributed by atoms with Gasteiger partial charge in [-0.1, -0.05) is 0 Å². The molecule has 3 N–H and O–H groups in total. The smallest absolute Gasteiger partial charge is 0.335 e. The third-order valence-electron chi connectivity index (χ3n) is 1.25. The quantitative estimate of drug-likeness (QED) is 0.341. The molecule has 1 fully saturated rings. The van der Waals surface area contributed by atoms with E-state index in [9.17, 15) is 9.36 Å². The average molecular weight is 151 g/mol. The number of rotatable bonds is 2. The first-order chi connectivity index (χ1) is 4.13. The lowest BCUT2D eigenvalue weighted by Crippen LogP contribution is -2.30. The third kappa shape index (κ3) is 0.775. The van der Waals surface area contributed by atoms with Crippen molar-refractivity contribution < 1.29 is 19.6 Å². The van der Waals surface area contributed by atoms with E-state index in [1.807, 2.05) is 0 Å². The zero-order valence-corrected chi connectivity index (χ0v) is 5.42. The molecule has 0 spiro atoms. The molecule has 1 heterocycles. The highest BCUT2D eigenvalue weighted by atomic mass is 31.1. The van der Waals surface area contributed by atoms with Gasteiger partial charge in [-0.25, -0.2) is 9.88 Å². The standard InChI is InChI=1S/C3H6NO4P/c5-1-3(2(6)7)4-9(3)8/h5,9H,1H2,(H,4,8)(H,6,7)/t3-/m1/s1. The minimum Gasteiger partial charge on any atom is -0.479 e. The monoisotopic (exact) mass is 151 g/mol. The molecule has 6 heteroatoms. The molecule has 1 rings (SSSR count). The normalized spacial score (nSPS) is 40.3. The van der Waals surface area contributed by atoms with Crippen molar-refractivity contribution in [2.45, 2.75) is 5.28 Å². The molecule has 2 atom stereocenters. The average Bonchev–Trinajstić information content (AvgIpc) is 2.43.